The fourth-order valence-corrected chi connectivity index (χ4v) is 14.8. The summed E-state index contributed by atoms with van der Waals surface area (Å²) in [5, 5.41) is 2.56. The van der Waals surface area contributed by atoms with Crippen molar-refractivity contribution < 1.29 is 0 Å². The van der Waals surface area contributed by atoms with Crippen LogP contribution >= 0.6 is 0 Å². The van der Waals surface area contributed by atoms with Crippen LogP contribution in [-0.2, 0) is 17.3 Å². The molecular formula is C87H78BN3. The lowest BCUT2D eigenvalue weighted by Crippen LogP contribution is -2.61. The van der Waals surface area contributed by atoms with Crippen LogP contribution in [0, 0.1) is 0 Å². The van der Waals surface area contributed by atoms with E-state index in [1.807, 2.05) is 0 Å². The molecule has 2 aliphatic rings. The Morgan fingerprint density at radius 3 is 1.22 bits per heavy atom. The second-order valence-corrected chi connectivity index (χ2v) is 27.4. The Bertz CT molecular complexity index is 4650. The Hall–Kier alpha value is -9.90. The summed E-state index contributed by atoms with van der Waals surface area (Å²) in [6, 6.07) is 104. The minimum absolute atomic E-state index is 0.0290. The molecule has 0 saturated carbocycles. The quantitative estimate of drug-likeness (QED) is 0.0794. The van der Waals surface area contributed by atoms with Crippen LogP contribution in [0.1, 0.15) is 97.3 Å². The van der Waals surface area contributed by atoms with Gasteiger partial charge in [-0.2, -0.15) is 0 Å². The van der Waals surface area contributed by atoms with Crippen molar-refractivity contribution in [2.45, 2.75) is 97.8 Å². The molecule has 0 spiro atoms. The highest BCUT2D eigenvalue weighted by atomic mass is 15.2. The first-order chi connectivity index (χ1) is 44.4. The van der Waals surface area contributed by atoms with Crippen LogP contribution in [-0.4, -0.2) is 11.3 Å². The topological polar surface area (TPSA) is 11.4 Å². The molecule has 0 bridgehead atoms. The number of rotatable bonds is 14. The van der Waals surface area contributed by atoms with Crippen LogP contribution in [0.15, 0.2) is 273 Å². The maximum absolute atomic E-state index is 2.73. The SMILES string of the molecule is CCCCCCCc1cc2c3c(c1)N(c1c(-c4ccccc4)cccc1-c1ccccc1)c1cc(-n4c5ccc(C(C)(C)C)cc5c5cc(C(C)(C)C)ccc54)ccc1B3c1cc(-c3ccccc3)ccc1N2c1c(-c2ccccc2)cccc1-c1ccccc1. The molecule has 3 nitrogen and oxygen atoms in total. The van der Waals surface area contributed by atoms with Crippen molar-refractivity contribution in [3.63, 3.8) is 0 Å². The number of aryl methyl sites for hydroxylation is 1. The number of anilines is 6. The van der Waals surface area contributed by atoms with E-state index in [0.717, 1.165) is 24.2 Å². The molecule has 3 heterocycles. The summed E-state index contributed by atoms with van der Waals surface area (Å²) in [6.45, 7) is 16.2. The van der Waals surface area contributed by atoms with Crippen molar-refractivity contribution in [3.05, 3.63) is 290 Å². The van der Waals surface area contributed by atoms with Gasteiger partial charge in [0.2, 0.25) is 0 Å². The lowest BCUT2D eigenvalue weighted by molar-refractivity contribution is 0.590. The number of nitrogens with zero attached hydrogens (tertiary/aromatic N) is 3. The molecule has 0 N–H and O–H groups in total. The summed E-state index contributed by atoms with van der Waals surface area (Å²) in [5.74, 6) is 0. The molecule has 0 radical (unpaired) electrons. The van der Waals surface area contributed by atoms with Crippen molar-refractivity contribution in [3.8, 4) is 61.3 Å². The molecule has 15 rings (SSSR count). The first-order valence-corrected chi connectivity index (χ1v) is 33.1. The lowest BCUT2D eigenvalue weighted by Gasteiger charge is -2.46. The average molecular weight is 1180 g/mol. The summed E-state index contributed by atoms with van der Waals surface area (Å²) in [7, 11) is 0. The molecule has 1 aromatic heterocycles. The van der Waals surface area contributed by atoms with E-state index >= 15 is 0 Å². The van der Waals surface area contributed by atoms with Crippen LogP contribution < -0.4 is 26.2 Å². The van der Waals surface area contributed by atoms with Crippen LogP contribution in [0.3, 0.4) is 0 Å². The molecule has 0 saturated heterocycles. The third-order valence-electron chi connectivity index (χ3n) is 19.4. The maximum Gasteiger partial charge on any atom is 0.252 e. The van der Waals surface area contributed by atoms with Gasteiger partial charge in [-0.3, -0.25) is 0 Å². The van der Waals surface area contributed by atoms with E-state index in [4.69, 9.17) is 0 Å². The Morgan fingerprint density at radius 2 is 0.769 bits per heavy atom. The number of para-hydroxylation sites is 2. The van der Waals surface area contributed by atoms with Gasteiger partial charge in [-0.1, -0.05) is 293 Å². The van der Waals surface area contributed by atoms with E-state index in [-0.39, 0.29) is 17.5 Å². The third kappa shape index (κ3) is 10.4. The zero-order chi connectivity index (χ0) is 62.0. The number of benzene rings is 12. The first-order valence-electron chi connectivity index (χ1n) is 33.1. The van der Waals surface area contributed by atoms with Crippen LogP contribution in [0.25, 0.3) is 83.1 Å². The van der Waals surface area contributed by atoms with Crippen molar-refractivity contribution in [2.75, 3.05) is 9.80 Å². The fraction of sp³-hybridized carbons (Fsp3) is 0.172. The van der Waals surface area contributed by atoms with Gasteiger partial charge in [-0.05, 0) is 145 Å². The smallest absolute Gasteiger partial charge is 0.252 e. The summed E-state index contributed by atoms with van der Waals surface area (Å²) in [5.41, 5.74) is 30.3. The van der Waals surface area contributed by atoms with Gasteiger partial charge in [0.1, 0.15) is 0 Å². The van der Waals surface area contributed by atoms with Gasteiger partial charge in [-0.15, -0.1) is 0 Å². The second-order valence-electron chi connectivity index (χ2n) is 27.4. The summed E-state index contributed by atoms with van der Waals surface area (Å²) in [4.78, 5) is 5.42. The first kappa shape index (κ1) is 57.5. The van der Waals surface area contributed by atoms with Crippen molar-refractivity contribution in [1.29, 1.82) is 0 Å². The third-order valence-corrected chi connectivity index (χ3v) is 19.4. The van der Waals surface area contributed by atoms with Crippen LogP contribution in [0.2, 0.25) is 0 Å². The number of unbranched alkanes of at least 4 members (excludes halogenated alkanes) is 4. The second kappa shape index (κ2) is 23.5. The number of fused-ring (bicyclic) bond motifs is 7. The van der Waals surface area contributed by atoms with E-state index in [0.29, 0.717) is 0 Å². The summed E-state index contributed by atoms with van der Waals surface area (Å²) in [6.07, 6.45) is 6.93. The highest BCUT2D eigenvalue weighted by Crippen LogP contribution is 2.54. The molecule has 0 fully saturated rings. The molecule has 444 valence electrons. The molecule has 2 aliphatic heterocycles. The van der Waals surface area contributed by atoms with Gasteiger partial charge < -0.3 is 14.4 Å². The molecule has 4 heteroatoms. The number of hydrogen-bond acceptors (Lipinski definition) is 2. The number of aromatic nitrogens is 1. The van der Waals surface area contributed by atoms with Gasteiger partial charge in [0.05, 0.1) is 22.4 Å². The number of hydrogen-bond donors (Lipinski definition) is 0. The van der Waals surface area contributed by atoms with E-state index in [9.17, 15) is 0 Å². The van der Waals surface area contributed by atoms with E-state index in [1.165, 1.54) is 165 Å². The van der Waals surface area contributed by atoms with Gasteiger partial charge in [0.15, 0.2) is 0 Å². The van der Waals surface area contributed by atoms with E-state index in [2.05, 4.69) is 336 Å². The average Bonchev–Trinajstić information content (AvgIpc) is 0.796. The Labute approximate surface area is 539 Å². The summed E-state index contributed by atoms with van der Waals surface area (Å²) < 4.78 is 2.56. The van der Waals surface area contributed by atoms with Crippen molar-refractivity contribution in [2.24, 2.45) is 0 Å². The monoisotopic (exact) mass is 1180 g/mol. The zero-order valence-electron chi connectivity index (χ0n) is 53.6. The Kier molecular flexibility index (Phi) is 14.8. The zero-order valence-corrected chi connectivity index (χ0v) is 53.6. The largest absolute Gasteiger partial charge is 0.310 e. The standard InChI is InChI=1S/C87H78BN3/c1-8-9-10-11-17-30-59-53-81-83-82(54-59)91(85-71(63-37-24-15-25-38-63)43-29-44-72(85)64-39-26-16-27-40-64)80-58-68(89-77-51-46-66(86(2,3)4)56-73(77)74-57-67(87(5,6)7)47-52-78(74)89)48-49-75(80)88(83)76-55-65(60-31-18-12-19-32-60)45-50-79(76)90(81)84-69(61-33-20-13-21-34-61)41-28-42-70(84)62-35-22-14-23-36-62/h12-16,18-29,31-58H,8-11,17,30H2,1-7H3. The Morgan fingerprint density at radius 1 is 0.330 bits per heavy atom. The minimum atomic E-state index is -0.159. The van der Waals surface area contributed by atoms with Gasteiger partial charge in [0.25, 0.3) is 6.71 Å². The predicted octanol–water partition coefficient (Wildman–Crippen LogP) is 22.3. The molecule has 13 aromatic rings. The minimum Gasteiger partial charge on any atom is -0.310 e. The summed E-state index contributed by atoms with van der Waals surface area (Å²) >= 11 is 0. The highest BCUT2D eigenvalue weighted by molar-refractivity contribution is 7.00. The van der Waals surface area contributed by atoms with Crippen LogP contribution in [0.4, 0.5) is 34.1 Å². The Balaban J connectivity index is 1.10. The van der Waals surface area contributed by atoms with Crippen LogP contribution in [0.5, 0.6) is 0 Å². The van der Waals surface area contributed by atoms with Gasteiger partial charge in [0, 0.05) is 61.5 Å². The molecule has 0 amide bonds. The van der Waals surface area contributed by atoms with E-state index in [1.54, 1.807) is 0 Å². The van der Waals surface area contributed by atoms with E-state index < -0.39 is 0 Å². The van der Waals surface area contributed by atoms with Gasteiger partial charge >= 0.3 is 0 Å². The maximum atomic E-state index is 2.73. The molecule has 0 unspecified atom stereocenters. The molecule has 0 atom stereocenters. The molecule has 91 heavy (non-hydrogen) atoms. The molecule has 0 aliphatic carbocycles. The normalized spacial score (nSPS) is 12.8. The predicted molar refractivity (Wildman–Crippen MR) is 392 cm³/mol. The molecule has 12 aromatic carbocycles. The lowest BCUT2D eigenvalue weighted by atomic mass is 9.33. The van der Waals surface area contributed by atoms with Crippen molar-refractivity contribution in [1.82, 2.24) is 4.57 Å². The highest BCUT2D eigenvalue weighted by Gasteiger charge is 2.46. The van der Waals surface area contributed by atoms with Gasteiger partial charge in [-0.25, -0.2) is 0 Å². The van der Waals surface area contributed by atoms with Crippen molar-refractivity contribution >= 4 is 79.0 Å². The fourth-order valence-electron chi connectivity index (χ4n) is 14.8. The molecular weight excluding hydrogens is 1100 g/mol.